The lowest BCUT2D eigenvalue weighted by Gasteiger charge is -2.11. The van der Waals surface area contributed by atoms with Crippen molar-refractivity contribution >= 4 is 28.4 Å². The van der Waals surface area contributed by atoms with Crippen molar-refractivity contribution in [2.75, 3.05) is 19.5 Å². The highest BCUT2D eigenvalue weighted by Crippen LogP contribution is 2.22. The SMILES string of the molecule is C=C(C)CSc1nnc2n(CCCOC)c(=O)c3ccccc3n12. The first-order chi connectivity index (χ1) is 11.6. The van der Waals surface area contributed by atoms with Crippen LogP contribution in [-0.4, -0.2) is 38.6 Å². The molecular weight excluding hydrogens is 324 g/mol. The summed E-state index contributed by atoms with van der Waals surface area (Å²) in [7, 11) is 1.65. The molecule has 1 aromatic carbocycles. The molecule has 0 aliphatic carbocycles. The quantitative estimate of drug-likeness (QED) is 0.375. The van der Waals surface area contributed by atoms with Crippen molar-refractivity contribution in [3.8, 4) is 0 Å². The van der Waals surface area contributed by atoms with Crippen molar-refractivity contribution in [3.05, 3.63) is 46.8 Å². The molecule has 0 fully saturated rings. The molecule has 2 aromatic heterocycles. The molecule has 0 spiro atoms. The Labute approximate surface area is 144 Å². The summed E-state index contributed by atoms with van der Waals surface area (Å²) in [5.74, 6) is 1.33. The number of benzene rings is 1. The highest BCUT2D eigenvalue weighted by atomic mass is 32.2. The van der Waals surface area contributed by atoms with Crippen LogP contribution in [0.25, 0.3) is 16.7 Å². The van der Waals surface area contributed by atoms with Crippen molar-refractivity contribution in [2.45, 2.75) is 25.0 Å². The molecule has 6 nitrogen and oxygen atoms in total. The molecule has 0 atom stereocenters. The molecule has 24 heavy (non-hydrogen) atoms. The van der Waals surface area contributed by atoms with Gasteiger partial charge in [0.2, 0.25) is 5.78 Å². The van der Waals surface area contributed by atoms with Crippen LogP contribution in [0.2, 0.25) is 0 Å². The van der Waals surface area contributed by atoms with E-state index >= 15 is 0 Å². The topological polar surface area (TPSA) is 61.4 Å². The molecule has 7 heteroatoms. The third-order valence-corrected chi connectivity index (χ3v) is 4.82. The predicted molar refractivity (Wildman–Crippen MR) is 96.8 cm³/mol. The normalized spacial score (nSPS) is 11.4. The molecule has 126 valence electrons. The van der Waals surface area contributed by atoms with Gasteiger partial charge in [-0.1, -0.05) is 36.0 Å². The fraction of sp³-hybridized carbons (Fsp3) is 0.353. The Hall–Kier alpha value is -2.12. The first kappa shape index (κ1) is 16.7. The van der Waals surface area contributed by atoms with E-state index < -0.39 is 0 Å². The molecule has 0 unspecified atom stereocenters. The largest absolute Gasteiger partial charge is 0.385 e. The molecule has 0 aliphatic heterocycles. The van der Waals surface area contributed by atoms with Crippen molar-refractivity contribution in [1.82, 2.24) is 19.2 Å². The van der Waals surface area contributed by atoms with E-state index in [0.717, 1.165) is 28.4 Å². The third-order valence-electron chi connectivity index (χ3n) is 3.66. The summed E-state index contributed by atoms with van der Waals surface area (Å²) in [4.78, 5) is 12.8. The number of aromatic nitrogens is 4. The highest BCUT2D eigenvalue weighted by molar-refractivity contribution is 7.99. The summed E-state index contributed by atoms with van der Waals surface area (Å²) in [6, 6.07) is 7.57. The van der Waals surface area contributed by atoms with Crippen LogP contribution in [0, 0.1) is 0 Å². The fourth-order valence-electron chi connectivity index (χ4n) is 2.58. The Morgan fingerprint density at radius 1 is 1.33 bits per heavy atom. The van der Waals surface area contributed by atoms with E-state index in [1.165, 1.54) is 0 Å². The maximum absolute atomic E-state index is 12.8. The van der Waals surface area contributed by atoms with Crippen LogP contribution in [0.4, 0.5) is 0 Å². The zero-order chi connectivity index (χ0) is 17.1. The molecule has 0 aliphatic rings. The van der Waals surface area contributed by atoms with Gasteiger partial charge in [-0.25, -0.2) is 0 Å². The zero-order valence-corrected chi connectivity index (χ0v) is 14.7. The summed E-state index contributed by atoms with van der Waals surface area (Å²) in [5.41, 5.74) is 1.85. The van der Waals surface area contributed by atoms with E-state index in [-0.39, 0.29) is 5.56 Å². The first-order valence-electron chi connectivity index (χ1n) is 7.76. The standard InChI is InChI=1S/C17H20N4O2S/c1-12(2)11-24-17-19-18-16-20(9-6-10-23-3)15(22)13-7-4-5-8-14(13)21(16)17/h4-5,7-8H,1,6,9-11H2,2-3H3. The number of para-hydroxylation sites is 1. The second-order valence-corrected chi connectivity index (χ2v) is 6.63. The molecule has 3 rings (SSSR count). The van der Waals surface area contributed by atoms with Gasteiger partial charge in [0.25, 0.3) is 5.56 Å². The minimum Gasteiger partial charge on any atom is -0.385 e. The van der Waals surface area contributed by atoms with Gasteiger partial charge in [0.05, 0.1) is 10.9 Å². The van der Waals surface area contributed by atoms with Gasteiger partial charge in [-0.05, 0) is 25.5 Å². The smallest absolute Gasteiger partial charge is 0.262 e. The average Bonchev–Trinajstić information content (AvgIpc) is 3.00. The van der Waals surface area contributed by atoms with E-state index in [1.807, 2.05) is 35.6 Å². The maximum Gasteiger partial charge on any atom is 0.262 e. The average molecular weight is 344 g/mol. The zero-order valence-electron chi connectivity index (χ0n) is 13.9. The lowest BCUT2D eigenvalue weighted by atomic mass is 10.2. The number of ether oxygens (including phenoxy) is 1. The molecule has 0 bridgehead atoms. The number of fused-ring (bicyclic) bond motifs is 3. The monoisotopic (exact) mass is 344 g/mol. The van der Waals surface area contributed by atoms with Crippen LogP contribution in [0.15, 0.2) is 46.4 Å². The van der Waals surface area contributed by atoms with Gasteiger partial charge in [0, 0.05) is 26.0 Å². The van der Waals surface area contributed by atoms with E-state index in [4.69, 9.17) is 4.74 Å². The summed E-state index contributed by atoms with van der Waals surface area (Å²) in [6.07, 6.45) is 0.742. The predicted octanol–water partition coefficient (Wildman–Crippen LogP) is 2.75. The van der Waals surface area contributed by atoms with Gasteiger partial charge in [0.15, 0.2) is 5.16 Å². The van der Waals surface area contributed by atoms with Crippen molar-refractivity contribution in [2.24, 2.45) is 0 Å². The van der Waals surface area contributed by atoms with Crippen LogP contribution >= 0.6 is 11.8 Å². The molecule has 0 saturated carbocycles. The van der Waals surface area contributed by atoms with Gasteiger partial charge in [-0.3, -0.25) is 13.8 Å². The minimum atomic E-state index is -0.0435. The summed E-state index contributed by atoms with van der Waals surface area (Å²) < 4.78 is 8.74. The summed E-state index contributed by atoms with van der Waals surface area (Å²) in [6.45, 7) is 7.05. The van der Waals surface area contributed by atoms with Crippen LogP contribution in [-0.2, 0) is 11.3 Å². The van der Waals surface area contributed by atoms with Crippen LogP contribution in [0.3, 0.4) is 0 Å². The number of rotatable bonds is 7. The number of hydrogen-bond donors (Lipinski definition) is 0. The van der Waals surface area contributed by atoms with E-state index in [1.54, 1.807) is 23.4 Å². The lowest BCUT2D eigenvalue weighted by Crippen LogP contribution is -2.24. The highest BCUT2D eigenvalue weighted by Gasteiger charge is 2.16. The van der Waals surface area contributed by atoms with Crippen LogP contribution < -0.4 is 5.56 Å². The molecule has 3 aromatic rings. The van der Waals surface area contributed by atoms with E-state index in [9.17, 15) is 4.79 Å². The van der Waals surface area contributed by atoms with Gasteiger partial charge in [-0.15, -0.1) is 10.2 Å². The van der Waals surface area contributed by atoms with Crippen molar-refractivity contribution in [1.29, 1.82) is 0 Å². The number of thioether (sulfide) groups is 1. The summed E-state index contributed by atoms with van der Waals surface area (Å²) in [5, 5.41) is 10.00. The Morgan fingerprint density at radius 2 is 2.12 bits per heavy atom. The van der Waals surface area contributed by atoms with Crippen molar-refractivity contribution < 1.29 is 4.74 Å². The number of nitrogens with zero attached hydrogens (tertiary/aromatic N) is 4. The third kappa shape index (κ3) is 3.09. The minimum absolute atomic E-state index is 0.0435. The van der Waals surface area contributed by atoms with Gasteiger partial charge in [-0.2, -0.15) is 0 Å². The Morgan fingerprint density at radius 3 is 2.88 bits per heavy atom. The molecule has 0 saturated heterocycles. The molecule has 0 radical (unpaired) electrons. The second-order valence-electron chi connectivity index (χ2n) is 5.68. The van der Waals surface area contributed by atoms with Crippen molar-refractivity contribution in [3.63, 3.8) is 0 Å². The first-order valence-corrected chi connectivity index (χ1v) is 8.75. The van der Waals surface area contributed by atoms with E-state index in [2.05, 4.69) is 16.8 Å². The molecule has 2 heterocycles. The fourth-order valence-corrected chi connectivity index (χ4v) is 3.37. The molecular formula is C17H20N4O2S. The molecule has 0 N–H and O–H groups in total. The number of hydrogen-bond acceptors (Lipinski definition) is 5. The van der Waals surface area contributed by atoms with Gasteiger partial charge >= 0.3 is 0 Å². The second kappa shape index (κ2) is 7.19. The van der Waals surface area contributed by atoms with Crippen LogP contribution in [0.5, 0.6) is 0 Å². The number of methoxy groups -OCH3 is 1. The van der Waals surface area contributed by atoms with Gasteiger partial charge in [0.1, 0.15) is 0 Å². The van der Waals surface area contributed by atoms with Crippen LogP contribution in [0.1, 0.15) is 13.3 Å². The Balaban J connectivity index is 2.20. The Kier molecular flexibility index (Phi) is 5.01. The summed E-state index contributed by atoms with van der Waals surface area (Å²) >= 11 is 1.57. The van der Waals surface area contributed by atoms with E-state index in [0.29, 0.717) is 24.3 Å². The Bertz CT molecular complexity index is 945. The van der Waals surface area contributed by atoms with Gasteiger partial charge < -0.3 is 4.74 Å². The molecule has 0 amide bonds. The maximum atomic E-state index is 12.8. The lowest BCUT2D eigenvalue weighted by molar-refractivity contribution is 0.190. The number of aryl methyl sites for hydroxylation is 1.